The summed E-state index contributed by atoms with van der Waals surface area (Å²) in [6.07, 6.45) is 3.20. The lowest BCUT2D eigenvalue weighted by molar-refractivity contribution is -0.143. The highest BCUT2D eigenvalue weighted by Crippen LogP contribution is 2.09. The van der Waals surface area contributed by atoms with Gasteiger partial charge in [0.05, 0.1) is 19.8 Å². The molecule has 2 atom stereocenters. The zero-order valence-corrected chi connectivity index (χ0v) is 12.5. The third-order valence-corrected chi connectivity index (χ3v) is 3.54. The quantitative estimate of drug-likeness (QED) is 0.669. The molecule has 0 amide bonds. The molecule has 1 heterocycles. The summed E-state index contributed by atoms with van der Waals surface area (Å²) in [5.41, 5.74) is 0. The molecule has 2 unspecified atom stereocenters. The zero-order chi connectivity index (χ0) is 14.1. The summed E-state index contributed by atoms with van der Waals surface area (Å²) in [6.45, 7) is 8.72. The number of carbonyl (C=O) groups excluding carboxylic acids is 1. The van der Waals surface area contributed by atoms with E-state index in [2.05, 4.69) is 24.1 Å². The van der Waals surface area contributed by atoms with E-state index in [4.69, 9.17) is 9.47 Å². The largest absolute Gasteiger partial charge is 0.468 e. The van der Waals surface area contributed by atoms with Gasteiger partial charge in [-0.3, -0.25) is 9.69 Å². The number of hydrogen-bond acceptors (Lipinski definition) is 5. The van der Waals surface area contributed by atoms with Crippen molar-refractivity contribution in [3.8, 4) is 0 Å². The van der Waals surface area contributed by atoms with Gasteiger partial charge in [-0.2, -0.15) is 0 Å². The van der Waals surface area contributed by atoms with Crippen molar-refractivity contribution in [2.75, 3.05) is 39.9 Å². The minimum atomic E-state index is -0.187. The maximum Gasteiger partial charge on any atom is 0.322 e. The first-order chi connectivity index (χ1) is 9.21. The van der Waals surface area contributed by atoms with Crippen LogP contribution in [0.25, 0.3) is 0 Å². The second-order valence-electron chi connectivity index (χ2n) is 5.02. The molecule has 0 aliphatic carbocycles. The lowest BCUT2D eigenvalue weighted by Crippen LogP contribution is -2.46. The van der Waals surface area contributed by atoms with E-state index in [0.717, 1.165) is 52.0 Å². The van der Waals surface area contributed by atoms with Gasteiger partial charge in [0.15, 0.2) is 0 Å². The molecule has 0 spiro atoms. The van der Waals surface area contributed by atoms with Gasteiger partial charge in [0, 0.05) is 19.6 Å². The average molecular weight is 272 g/mol. The average Bonchev–Trinajstić information content (AvgIpc) is 2.46. The summed E-state index contributed by atoms with van der Waals surface area (Å²) in [5, 5.41) is 3.25. The highest BCUT2D eigenvalue weighted by Gasteiger charge is 2.22. The van der Waals surface area contributed by atoms with Gasteiger partial charge in [0.1, 0.15) is 6.04 Å². The van der Waals surface area contributed by atoms with E-state index >= 15 is 0 Å². The summed E-state index contributed by atoms with van der Waals surface area (Å²) < 4.78 is 10.5. The van der Waals surface area contributed by atoms with Gasteiger partial charge in [-0.05, 0) is 25.8 Å². The highest BCUT2D eigenvalue weighted by atomic mass is 16.5. The number of ether oxygens (including phenoxy) is 2. The molecule has 0 bridgehead atoms. The third-order valence-electron chi connectivity index (χ3n) is 3.54. The first-order valence-electron chi connectivity index (χ1n) is 7.36. The van der Waals surface area contributed by atoms with E-state index in [1.165, 1.54) is 7.11 Å². The van der Waals surface area contributed by atoms with Gasteiger partial charge in [-0.1, -0.05) is 13.8 Å². The van der Waals surface area contributed by atoms with Crippen LogP contribution in [0.1, 0.15) is 33.1 Å². The summed E-state index contributed by atoms with van der Waals surface area (Å²) in [5.74, 6) is -0.159. The normalized spacial score (nSPS) is 22.2. The Hall–Kier alpha value is -0.650. The summed E-state index contributed by atoms with van der Waals surface area (Å²) in [4.78, 5) is 14.1. The highest BCUT2D eigenvalue weighted by molar-refractivity contribution is 5.75. The van der Waals surface area contributed by atoms with Crippen molar-refractivity contribution in [3.63, 3.8) is 0 Å². The smallest absolute Gasteiger partial charge is 0.322 e. The Labute approximate surface area is 116 Å². The Balaban J connectivity index is 2.35. The van der Waals surface area contributed by atoms with Crippen molar-refractivity contribution < 1.29 is 14.3 Å². The minimum Gasteiger partial charge on any atom is -0.468 e. The Morgan fingerprint density at radius 1 is 1.53 bits per heavy atom. The van der Waals surface area contributed by atoms with Gasteiger partial charge in [0.25, 0.3) is 0 Å². The van der Waals surface area contributed by atoms with Gasteiger partial charge in [-0.25, -0.2) is 0 Å². The van der Waals surface area contributed by atoms with Crippen LogP contribution in [0.2, 0.25) is 0 Å². The molecular formula is C14H28N2O3. The molecule has 0 aromatic heterocycles. The number of morpholine rings is 1. The molecule has 1 saturated heterocycles. The maximum atomic E-state index is 11.7. The Bertz CT molecular complexity index is 261. The number of rotatable bonds is 8. The molecule has 0 radical (unpaired) electrons. The van der Waals surface area contributed by atoms with Crippen LogP contribution in [0.4, 0.5) is 0 Å². The molecule has 1 N–H and O–H groups in total. The van der Waals surface area contributed by atoms with Crippen LogP contribution in [0.3, 0.4) is 0 Å². The molecular weight excluding hydrogens is 244 g/mol. The fourth-order valence-corrected chi connectivity index (χ4v) is 2.31. The zero-order valence-electron chi connectivity index (χ0n) is 12.5. The van der Waals surface area contributed by atoms with E-state index in [-0.39, 0.29) is 12.0 Å². The van der Waals surface area contributed by atoms with Crippen molar-refractivity contribution in [1.29, 1.82) is 0 Å². The fourth-order valence-electron chi connectivity index (χ4n) is 2.31. The number of carbonyl (C=O) groups is 1. The SMILES string of the molecule is CCCNC(CCN1CCOC(CC)C1)C(=O)OC. The van der Waals surface area contributed by atoms with Gasteiger partial charge in [0.2, 0.25) is 0 Å². The van der Waals surface area contributed by atoms with Crippen LogP contribution in [-0.2, 0) is 14.3 Å². The molecule has 1 aliphatic rings. The molecule has 0 aromatic rings. The molecule has 5 heteroatoms. The first kappa shape index (κ1) is 16.4. The number of hydrogen-bond donors (Lipinski definition) is 1. The molecule has 0 aromatic carbocycles. The molecule has 112 valence electrons. The number of nitrogens with one attached hydrogen (secondary N) is 1. The van der Waals surface area contributed by atoms with Crippen LogP contribution in [0.15, 0.2) is 0 Å². The summed E-state index contributed by atoms with van der Waals surface area (Å²) in [6, 6.07) is -0.187. The maximum absolute atomic E-state index is 11.7. The Morgan fingerprint density at radius 3 is 2.95 bits per heavy atom. The molecule has 5 nitrogen and oxygen atoms in total. The van der Waals surface area contributed by atoms with E-state index in [9.17, 15) is 4.79 Å². The van der Waals surface area contributed by atoms with E-state index in [1.807, 2.05) is 0 Å². The van der Waals surface area contributed by atoms with Crippen LogP contribution < -0.4 is 5.32 Å². The first-order valence-corrected chi connectivity index (χ1v) is 7.36. The number of esters is 1. The van der Waals surface area contributed by atoms with Crippen molar-refractivity contribution in [2.45, 2.75) is 45.3 Å². The molecule has 1 aliphatic heterocycles. The minimum absolute atomic E-state index is 0.159. The van der Waals surface area contributed by atoms with Crippen LogP contribution in [-0.4, -0.2) is 62.9 Å². The molecule has 1 rings (SSSR count). The topological polar surface area (TPSA) is 50.8 Å². The van der Waals surface area contributed by atoms with E-state index in [1.54, 1.807) is 0 Å². The van der Waals surface area contributed by atoms with Gasteiger partial charge >= 0.3 is 5.97 Å². The molecule has 19 heavy (non-hydrogen) atoms. The van der Waals surface area contributed by atoms with Crippen LogP contribution in [0.5, 0.6) is 0 Å². The van der Waals surface area contributed by atoms with Gasteiger partial charge < -0.3 is 14.8 Å². The second kappa shape index (κ2) is 9.28. The number of methoxy groups -OCH3 is 1. The summed E-state index contributed by atoms with van der Waals surface area (Å²) in [7, 11) is 1.45. The van der Waals surface area contributed by atoms with E-state index in [0.29, 0.717) is 6.10 Å². The predicted octanol–water partition coefficient (Wildman–Crippen LogP) is 1.03. The lowest BCUT2D eigenvalue weighted by atomic mass is 10.1. The van der Waals surface area contributed by atoms with Crippen molar-refractivity contribution in [1.82, 2.24) is 10.2 Å². The second-order valence-corrected chi connectivity index (χ2v) is 5.02. The van der Waals surface area contributed by atoms with Crippen molar-refractivity contribution in [3.05, 3.63) is 0 Å². The van der Waals surface area contributed by atoms with Crippen LogP contribution in [0, 0.1) is 0 Å². The Kier molecular flexibility index (Phi) is 8.02. The molecule has 0 saturated carbocycles. The lowest BCUT2D eigenvalue weighted by Gasteiger charge is -2.33. The summed E-state index contributed by atoms with van der Waals surface area (Å²) >= 11 is 0. The standard InChI is InChI=1S/C14H28N2O3/c1-4-7-15-13(14(17)18-3)6-8-16-9-10-19-12(5-2)11-16/h12-13,15H,4-11H2,1-3H3. The Morgan fingerprint density at radius 2 is 2.32 bits per heavy atom. The van der Waals surface area contributed by atoms with Crippen molar-refractivity contribution >= 4 is 5.97 Å². The van der Waals surface area contributed by atoms with E-state index < -0.39 is 0 Å². The third kappa shape index (κ3) is 5.89. The predicted molar refractivity (Wildman–Crippen MR) is 75.2 cm³/mol. The molecule has 1 fully saturated rings. The van der Waals surface area contributed by atoms with Crippen molar-refractivity contribution in [2.24, 2.45) is 0 Å². The monoisotopic (exact) mass is 272 g/mol. The van der Waals surface area contributed by atoms with Gasteiger partial charge in [-0.15, -0.1) is 0 Å². The fraction of sp³-hybridized carbons (Fsp3) is 0.929. The van der Waals surface area contributed by atoms with Crippen LogP contribution >= 0.6 is 0 Å². The number of nitrogens with zero attached hydrogens (tertiary/aromatic N) is 1.